The SMILES string of the molecule is COc1cc(N2CCc3ccccc3C2)nc(NC(=S)NCCCc2ccccc2)n1. The van der Waals surface area contributed by atoms with Crippen LogP contribution in [0.25, 0.3) is 0 Å². The van der Waals surface area contributed by atoms with Gasteiger partial charge in [-0.3, -0.25) is 0 Å². The Morgan fingerprint density at radius 2 is 1.84 bits per heavy atom. The third-order valence-electron chi connectivity index (χ3n) is 5.35. The maximum atomic E-state index is 5.44. The quantitative estimate of drug-likeness (QED) is 0.432. The normalized spacial score (nSPS) is 12.7. The molecule has 0 unspecified atom stereocenters. The van der Waals surface area contributed by atoms with Gasteiger partial charge < -0.3 is 20.3 Å². The molecule has 0 fully saturated rings. The number of hydrogen-bond acceptors (Lipinski definition) is 5. The van der Waals surface area contributed by atoms with Gasteiger partial charge in [0.2, 0.25) is 11.8 Å². The van der Waals surface area contributed by atoms with E-state index in [9.17, 15) is 0 Å². The van der Waals surface area contributed by atoms with E-state index in [1.807, 2.05) is 12.1 Å². The van der Waals surface area contributed by atoms with Gasteiger partial charge in [0.1, 0.15) is 5.82 Å². The number of aromatic nitrogens is 2. The lowest BCUT2D eigenvalue weighted by Gasteiger charge is -2.30. The van der Waals surface area contributed by atoms with E-state index in [2.05, 4.69) is 74.0 Å². The van der Waals surface area contributed by atoms with Crippen molar-refractivity contribution in [3.8, 4) is 5.88 Å². The van der Waals surface area contributed by atoms with Crippen molar-refractivity contribution in [3.63, 3.8) is 0 Å². The van der Waals surface area contributed by atoms with E-state index in [1.54, 1.807) is 7.11 Å². The number of benzene rings is 2. The van der Waals surface area contributed by atoms with Crippen LogP contribution in [0.4, 0.5) is 11.8 Å². The van der Waals surface area contributed by atoms with Crippen LogP contribution in [0.3, 0.4) is 0 Å². The van der Waals surface area contributed by atoms with Crippen molar-refractivity contribution in [2.75, 3.05) is 30.4 Å². The van der Waals surface area contributed by atoms with E-state index in [0.29, 0.717) is 16.9 Å². The molecule has 6 nitrogen and oxygen atoms in total. The predicted molar refractivity (Wildman–Crippen MR) is 129 cm³/mol. The zero-order chi connectivity index (χ0) is 21.5. The zero-order valence-corrected chi connectivity index (χ0v) is 18.5. The van der Waals surface area contributed by atoms with Crippen molar-refractivity contribution < 1.29 is 4.74 Å². The van der Waals surface area contributed by atoms with Crippen LogP contribution < -0.4 is 20.3 Å². The lowest BCUT2D eigenvalue weighted by atomic mass is 10.00. The number of rotatable bonds is 7. The summed E-state index contributed by atoms with van der Waals surface area (Å²) in [4.78, 5) is 11.3. The molecule has 2 heterocycles. The Labute approximate surface area is 188 Å². The molecule has 0 saturated carbocycles. The van der Waals surface area contributed by atoms with Crippen LogP contribution in [0.1, 0.15) is 23.1 Å². The molecule has 1 aliphatic heterocycles. The average Bonchev–Trinajstić information content (AvgIpc) is 2.82. The van der Waals surface area contributed by atoms with Gasteiger partial charge in [-0.2, -0.15) is 9.97 Å². The first-order valence-corrected chi connectivity index (χ1v) is 11.0. The first-order chi connectivity index (χ1) is 15.2. The van der Waals surface area contributed by atoms with Crippen molar-refractivity contribution in [1.82, 2.24) is 15.3 Å². The van der Waals surface area contributed by atoms with Crippen LogP contribution in [0.15, 0.2) is 60.7 Å². The standard InChI is InChI=1S/C24H27N5OS/c1-30-22-16-21(29-15-13-19-11-5-6-12-20(19)17-29)26-23(27-22)28-24(31)25-14-7-10-18-8-3-2-4-9-18/h2-6,8-9,11-12,16H,7,10,13-15,17H2,1H3,(H2,25,26,27,28,31). The lowest BCUT2D eigenvalue weighted by molar-refractivity contribution is 0.397. The van der Waals surface area contributed by atoms with Crippen LogP contribution in [-0.4, -0.2) is 35.3 Å². The van der Waals surface area contributed by atoms with Gasteiger partial charge in [0, 0.05) is 25.7 Å². The van der Waals surface area contributed by atoms with Gasteiger partial charge in [-0.1, -0.05) is 54.6 Å². The molecule has 0 radical (unpaired) electrons. The fourth-order valence-corrected chi connectivity index (χ4v) is 3.90. The molecule has 0 bridgehead atoms. The Morgan fingerprint density at radius 1 is 1.06 bits per heavy atom. The van der Waals surface area contributed by atoms with Gasteiger partial charge in [-0.05, 0) is 48.2 Å². The number of nitrogens with one attached hydrogen (secondary N) is 2. The van der Waals surface area contributed by atoms with Gasteiger partial charge in [-0.15, -0.1) is 0 Å². The van der Waals surface area contributed by atoms with E-state index < -0.39 is 0 Å². The molecule has 1 aromatic heterocycles. The minimum absolute atomic E-state index is 0.439. The summed E-state index contributed by atoms with van der Waals surface area (Å²) in [7, 11) is 1.61. The fraction of sp³-hybridized carbons (Fsp3) is 0.292. The van der Waals surface area contributed by atoms with E-state index >= 15 is 0 Å². The van der Waals surface area contributed by atoms with E-state index in [1.165, 1.54) is 16.7 Å². The Morgan fingerprint density at radius 3 is 2.65 bits per heavy atom. The minimum Gasteiger partial charge on any atom is -0.481 e. The summed E-state index contributed by atoms with van der Waals surface area (Å²) >= 11 is 5.44. The Kier molecular flexibility index (Phi) is 6.94. The largest absolute Gasteiger partial charge is 0.481 e. The summed E-state index contributed by atoms with van der Waals surface area (Å²) in [5.74, 6) is 1.78. The van der Waals surface area contributed by atoms with Crippen LogP contribution in [0.2, 0.25) is 0 Å². The summed E-state index contributed by atoms with van der Waals surface area (Å²) in [6.45, 7) is 2.50. The van der Waals surface area contributed by atoms with E-state index in [-0.39, 0.29) is 0 Å². The first kappa shape index (κ1) is 21.1. The van der Waals surface area contributed by atoms with E-state index in [4.69, 9.17) is 17.0 Å². The zero-order valence-electron chi connectivity index (χ0n) is 17.7. The number of methoxy groups -OCH3 is 1. The second-order valence-electron chi connectivity index (χ2n) is 7.50. The molecule has 0 saturated heterocycles. The Balaban J connectivity index is 1.35. The second-order valence-corrected chi connectivity index (χ2v) is 7.91. The van der Waals surface area contributed by atoms with Gasteiger partial charge in [-0.25, -0.2) is 0 Å². The highest BCUT2D eigenvalue weighted by Gasteiger charge is 2.19. The second kappa shape index (κ2) is 10.2. The van der Waals surface area contributed by atoms with Crippen molar-refractivity contribution in [3.05, 3.63) is 77.4 Å². The molecule has 2 N–H and O–H groups in total. The Hall–Kier alpha value is -3.19. The molecule has 1 aliphatic rings. The maximum Gasteiger partial charge on any atom is 0.234 e. The van der Waals surface area contributed by atoms with Crippen LogP contribution in [-0.2, 0) is 19.4 Å². The molecule has 0 aliphatic carbocycles. The molecular weight excluding hydrogens is 406 g/mol. The van der Waals surface area contributed by atoms with Gasteiger partial charge >= 0.3 is 0 Å². The number of hydrogen-bond donors (Lipinski definition) is 2. The number of thiocarbonyl (C=S) groups is 1. The third kappa shape index (κ3) is 5.70. The summed E-state index contributed by atoms with van der Waals surface area (Å²) in [6, 6.07) is 20.9. The molecule has 3 aromatic rings. The fourth-order valence-electron chi connectivity index (χ4n) is 3.71. The van der Waals surface area contributed by atoms with Gasteiger partial charge in [0.05, 0.1) is 7.11 Å². The lowest BCUT2D eigenvalue weighted by Crippen LogP contribution is -2.32. The third-order valence-corrected chi connectivity index (χ3v) is 5.60. The van der Waals surface area contributed by atoms with Crippen LogP contribution >= 0.6 is 12.2 Å². The number of nitrogens with zero attached hydrogens (tertiary/aromatic N) is 3. The predicted octanol–water partition coefficient (Wildman–Crippen LogP) is 3.97. The summed E-state index contributed by atoms with van der Waals surface area (Å²) in [5.41, 5.74) is 4.06. The number of ether oxygens (including phenoxy) is 1. The summed E-state index contributed by atoms with van der Waals surface area (Å²) < 4.78 is 5.40. The van der Waals surface area contributed by atoms with Crippen LogP contribution in [0, 0.1) is 0 Å². The highest BCUT2D eigenvalue weighted by atomic mass is 32.1. The smallest absolute Gasteiger partial charge is 0.234 e. The Bertz CT molecular complexity index is 1030. The molecule has 0 atom stereocenters. The van der Waals surface area contributed by atoms with E-state index in [0.717, 1.165) is 44.7 Å². The van der Waals surface area contributed by atoms with Gasteiger partial charge in [0.15, 0.2) is 5.11 Å². The van der Waals surface area contributed by atoms with Crippen molar-refractivity contribution in [1.29, 1.82) is 0 Å². The topological polar surface area (TPSA) is 62.3 Å². The molecule has 0 spiro atoms. The summed E-state index contributed by atoms with van der Waals surface area (Å²) in [5, 5.41) is 6.85. The van der Waals surface area contributed by atoms with Crippen molar-refractivity contribution in [2.45, 2.75) is 25.8 Å². The van der Waals surface area contributed by atoms with Crippen LogP contribution in [0.5, 0.6) is 5.88 Å². The minimum atomic E-state index is 0.439. The molecule has 0 amide bonds. The summed E-state index contributed by atoms with van der Waals surface area (Å²) in [6.07, 6.45) is 2.99. The molecule has 7 heteroatoms. The molecule has 31 heavy (non-hydrogen) atoms. The molecular formula is C24H27N5OS. The molecule has 2 aromatic carbocycles. The highest BCUT2D eigenvalue weighted by Crippen LogP contribution is 2.26. The first-order valence-electron chi connectivity index (χ1n) is 10.5. The van der Waals surface area contributed by atoms with Crippen molar-refractivity contribution >= 4 is 29.1 Å². The molecule has 4 rings (SSSR count). The maximum absolute atomic E-state index is 5.44. The van der Waals surface area contributed by atoms with Crippen molar-refractivity contribution in [2.24, 2.45) is 0 Å². The number of aryl methyl sites for hydroxylation is 1. The number of fused-ring (bicyclic) bond motifs is 1. The monoisotopic (exact) mass is 433 g/mol. The number of anilines is 2. The van der Waals surface area contributed by atoms with Gasteiger partial charge in [0.25, 0.3) is 0 Å². The highest BCUT2D eigenvalue weighted by molar-refractivity contribution is 7.80. The average molecular weight is 434 g/mol. The molecule has 160 valence electrons.